The van der Waals surface area contributed by atoms with Gasteiger partial charge >= 0.3 is 11.6 Å². The van der Waals surface area contributed by atoms with Crippen LogP contribution in [0.1, 0.15) is 17.7 Å². The van der Waals surface area contributed by atoms with Crippen molar-refractivity contribution in [1.29, 1.82) is 0 Å². The highest BCUT2D eigenvalue weighted by Crippen LogP contribution is 2.31. The quantitative estimate of drug-likeness (QED) is 0.418. The van der Waals surface area contributed by atoms with Crippen molar-refractivity contribution in [2.75, 3.05) is 5.73 Å². The number of nitrogens with two attached hydrogens (primary N) is 1. The predicted octanol–water partition coefficient (Wildman–Crippen LogP) is 2.31. The molecule has 4 heterocycles. The number of aromatic amines is 1. The van der Waals surface area contributed by atoms with Crippen molar-refractivity contribution in [3.8, 4) is 22.4 Å². The summed E-state index contributed by atoms with van der Waals surface area (Å²) in [6.45, 7) is -0.270. The third-order valence-corrected chi connectivity index (χ3v) is 5.70. The highest BCUT2D eigenvalue weighted by Gasteiger charge is 2.26. The topological polar surface area (TPSA) is 114 Å². The van der Waals surface area contributed by atoms with Gasteiger partial charge in [0.2, 0.25) is 11.2 Å². The Morgan fingerprint density at radius 1 is 1.03 bits per heavy atom. The highest BCUT2D eigenvalue weighted by atomic mass is 19.3. The van der Waals surface area contributed by atoms with Crippen LogP contribution in [-0.2, 0) is 13.6 Å². The zero-order valence-electron chi connectivity index (χ0n) is 18.5. The standard InChI is InChI=1S/C24H19F2N7O2/c1-31-12-15(9-10-18(31)34)19-20(14-6-3-2-4-7-14)29-23(27)33-22(19)30-32(24(33)35)13-17-16(21(25)26)8-5-11-28-17/h2-12,21H,13H2,1H3,(H2,27,29)/p+1. The van der Waals surface area contributed by atoms with Gasteiger partial charge in [-0.05, 0) is 18.2 Å². The normalized spacial score (nSPS) is 11.4. The molecule has 0 bridgehead atoms. The molecule has 0 spiro atoms. The summed E-state index contributed by atoms with van der Waals surface area (Å²) in [6.07, 6.45) is 0.259. The van der Waals surface area contributed by atoms with Gasteiger partial charge in [-0.15, -0.1) is 9.50 Å². The Kier molecular flexibility index (Phi) is 5.44. The van der Waals surface area contributed by atoms with Crippen molar-refractivity contribution in [3.05, 3.63) is 99.1 Å². The van der Waals surface area contributed by atoms with Crippen LogP contribution in [0.3, 0.4) is 0 Å². The van der Waals surface area contributed by atoms with Gasteiger partial charge < -0.3 is 4.57 Å². The van der Waals surface area contributed by atoms with Crippen LogP contribution in [0.5, 0.6) is 0 Å². The van der Waals surface area contributed by atoms with E-state index in [4.69, 9.17) is 5.73 Å². The molecular weight excluding hydrogens is 456 g/mol. The minimum absolute atomic E-state index is 0.0128. The number of rotatable bonds is 5. The summed E-state index contributed by atoms with van der Waals surface area (Å²) in [5.74, 6) is 0.0128. The van der Waals surface area contributed by atoms with Crippen molar-refractivity contribution in [2.45, 2.75) is 13.0 Å². The summed E-state index contributed by atoms with van der Waals surface area (Å²) in [6, 6.07) is 15.0. The molecule has 0 aliphatic rings. The van der Waals surface area contributed by atoms with E-state index in [9.17, 15) is 18.4 Å². The van der Waals surface area contributed by atoms with Gasteiger partial charge in [0.15, 0.2) is 0 Å². The lowest BCUT2D eigenvalue weighted by Crippen LogP contribution is -2.28. The number of nitrogens with zero attached hydrogens (tertiary/aromatic N) is 5. The van der Waals surface area contributed by atoms with E-state index in [1.807, 2.05) is 30.3 Å². The largest absolute Gasteiger partial charge is 0.411 e. The lowest BCUT2D eigenvalue weighted by atomic mass is 10.0. The molecule has 35 heavy (non-hydrogen) atoms. The minimum Gasteiger partial charge on any atom is -0.318 e. The van der Waals surface area contributed by atoms with Crippen molar-refractivity contribution >= 4 is 11.6 Å². The van der Waals surface area contributed by atoms with Crippen LogP contribution in [-0.4, -0.2) is 23.7 Å². The summed E-state index contributed by atoms with van der Waals surface area (Å²) in [7, 11) is 1.62. The fraction of sp³-hybridized carbons (Fsp3) is 0.125. The van der Waals surface area contributed by atoms with Crippen LogP contribution < -0.4 is 22.0 Å². The average molecular weight is 476 g/mol. The predicted molar refractivity (Wildman–Crippen MR) is 125 cm³/mol. The van der Waals surface area contributed by atoms with Crippen LogP contribution in [0, 0.1) is 0 Å². The van der Waals surface area contributed by atoms with Crippen molar-refractivity contribution in [2.24, 2.45) is 7.05 Å². The summed E-state index contributed by atoms with van der Waals surface area (Å²) in [4.78, 5) is 32.4. The molecule has 0 aliphatic carbocycles. The molecule has 11 heteroatoms. The Bertz CT molecular complexity index is 1670. The fourth-order valence-electron chi connectivity index (χ4n) is 4.01. The van der Waals surface area contributed by atoms with Gasteiger partial charge in [0.05, 0.1) is 17.8 Å². The molecule has 4 aromatic heterocycles. The second-order valence-electron chi connectivity index (χ2n) is 7.93. The fourth-order valence-corrected chi connectivity index (χ4v) is 4.01. The Labute approximate surface area is 196 Å². The number of hydrogen-bond acceptors (Lipinski definition) is 5. The molecule has 0 radical (unpaired) electrons. The number of benzene rings is 1. The average Bonchev–Trinajstić information content (AvgIpc) is 3.18. The van der Waals surface area contributed by atoms with Gasteiger partial charge in [-0.2, -0.15) is 4.68 Å². The third-order valence-electron chi connectivity index (χ3n) is 5.70. The maximum absolute atomic E-state index is 13.5. The van der Waals surface area contributed by atoms with Crippen molar-refractivity contribution < 1.29 is 13.8 Å². The van der Waals surface area contributed by atoms with Gasteiger partial charge in [-0.25, -0.2) is 18.6 Å². The second-order valence-corrected chi connectivity index (χ2v) is 7.93. The molecule has 0 saturated heterocycles. The van der Waals surface area contributed by atoms with Crippen molar-refractivity contribution in [1.82, 2.24) is 23.7 Å². The van der Waals surface area contributed by atoms with Crippen LogP contribution in [0.25, 0.3) is 28.0 Å². The monoisotopic (exact) mass is 476 g/mol. The molecule has 0 unspecified atom stereocenters. The highest BCUT2D eigenvalue weighted by molar-refractivity contribution is 5.88. The molecule has 0 amide bonds. The smallest absolute Gasteiger partial charge is 0.318 e. The molecule has 0 fully saturated rings. The van der Waals surface area contributed by atoms with E-state index < -0.39 is 12.1 Å². The SMILES string of the molecule is Cn1cc(-c2c(-c3ccccc3)[nH+]c(N)n3c(=O)n(Cc4ncccc4C(F)F)nc23)ccc1=O. The van der Waals surface area contributed by atoms with E-state index in [1.165, 1.54) is 33.4 Å². The van der Waals surface area contributed by atoms with Crippen molar-refractivity contribution in [3.63, 3.8) is 0 Å². The van der Waals surface area contributed by atoms with E-state index in [1.54, 1.807) is 19.3 Å². The maximum atomic E-state index is 13.5. The van der Waals surface area contributed by atoms with E-state index in [0.717, 1.165) is 10.2 Å². The maximum Gasteiger partial charge on any atom is 0.411 e. The first kappa shape index (κ1) is 22.1. The number of pyridine rings is 2. The number of nitrogens with one attached hydrogen (secondary N) is 1. The van der Waals surface area contributed by atoms with Crippen LogP contribution in [0.4, 0.5) is 14.7 Å². The number of aromatic nitrogens is 6. The van der Waals surface area contributed by atoms with Gasteiger partial charge in [-0.1, -0.05) is 30.3 Å². The van der Waals surface area contributed by atoms with E-state index in [0.29, 0.717) is 16.8 Å². The van der Waals surface area contributed by atoms with Gasteiger partial charge in [0.25, 0.3) is 6.43 Å². The van der Waals surface area contributed by atoms with Crippen LogP contribution in [0.2, 0.25) is 0 Å². The molecule has 3 N–H and O–H groups in total. The summed E-state index contributed by atoms with van der Waals surface area (Å²) in [5.41, 5.74) is 7.86. The number of hydrogen-bond donors (Lipinski definition) is 1. The molecular formula is C24H20F2N7O2+. The Morgan fingerprint density at radius 2 is 1.80 bits per heavy atom. The summed E-state index contributed by atoms with van der Waals surface area (Å²) < 4.78 is 30.6. The third kappa shape index (κ3) is 3.86. The second kappa shape index (κ2) is 8.60. The van der Waals surface area contributed by atoms with Gasteiger partial charge in [0, 0.05) is 42.2 Å². The number of nitrogen functional groups attached to an aromatic ring is 1. The first-order valence-corrected chi connectivity index (χ1v) is 10.6. The number of fused-ring (bicyclic) bond motifs is 1. The number of alkyl halides is 2. The molecule has 9 nitrogen and oxygen atoms in total. The van der Waals surface area contributed by atoms with Crippen LogP contribution >= 0.6 is 0 Å². The zero-order chi connectivity index (χ0) is 24.7. The minimum atomic E-state index is -2.75. The first-order chi connectivity index (χ1) is 16.8. The Balaban J connectivity index is 1.80. The number of H-pyrrole nitrogens is 1. The lowest BCUT2D eigenvalue weighted by molar-refractivity contribution is -0.351. The number of halogens is 2. The van der Waals surface area contributed by atoms with E-state index in [-0.39, 0.29) is 35.0 Å². The molecule has 1 aromatic carbocycles. The number of anilines is 1. The molecule has 0 atom stereocenters. The zero-order valence-corrected chi connectivity index (χ0v) is 18.5. The Morgan fingerprint density at radius 3 is 2.51 bits per heavy atom. The Hall–Kier alpha value is -4.67. The van der Waals surface area contributed by atoms with Crippen LogP contribution in [0.15, 0.2) is 76.6 Å². The molecule has 0 saturated carbocycles. The van der Waals surface area contributed by atoms with Gasteiger partial charge in [-0.3, -0.25) is 15.5 Å². The lowest BCUT2D eigenvalue weighted by Gasteiger charge is -2.10. The van der Waals surface area contributed by atoms with Gasteiger partial charge in [0.1, 0.15) is 5.69 Å². The molecule has 0 aliphatic heterocycles. The molecule has 176 valence electrons. The molecule has 5 rings (SSSR count). The van der Waals surface area contributed by atoms with E-state index >= 15 is 0 Å². The summed E-state index contributed by atoms with van der Waals surface area (Å²) >= 11 is 0. The summed E-state index contributed by atoms with van der Waals surface area (Å²) in [5, 5.41) is 4.48. The first-order valence-electron chi connectivity index (χ1n) is 10.6. The van der Waals surface area contributed by atoms with E-state index in [2.05, 4.69) is 15.1 Å². The molecule has 5 aromatic rings. The number of aryl methyl sites for hydroxylation is 1.